The van der Waals surface area contributed by atoms with E-state index in [1.165, 1.54) is 0 Å². The summed E-state index contributed by atoms with van der Waals surface area (Å²) in [4.78, 5) is 30.8. The molecule has 6 nitrogen and oxygen atoms in total. The molecule has 2 aliphatic heterocycles. The Morgan fingerprint density at radius 1 is 1.19 bits per heavy atom. The van der Waals surface area contributed by atoms with Crippen molar-refractivity contribution in [3.8, 4) is 5.75 Å². The molecule has 0 unspecified atom stereocenters. The predicted octanol–water partition coefficient (Wildman–Crippen LogP) is 4.62. The summed E-state index contributed by atoms with van der Waals surface area (Å²) in [7, 11) is 0. The number of aryl methyl sites for hydroxylation is 1. The molecule has 31 heavy (non-hydrogen) atoms. The average molecular weight is 456 g/mol. The van der Waals surface area contributed by atoms with E-state index >= 15 is 0 Å². The van der Waals surface area contributed by atoms with Gasteiger partial charge in [0.05, 0.1) is 15.2 Å². The molecular weight excluding hydrogens is 434 g/mol. The first-order valence-corrected chi connectivity index (χ1v) is 11.6. The van der Waals surface area contributed by atoms with Crippen LogP contribution >= 0.6 is 22.9 Å². The largest absolute Gasteiger partial charge is 0.484 e. The molecule has 0 atom stereocenters. The van der Waals surface area contributed by atoms with E-state index < -0.39 is 0 Å². The Balaban J connectivity index is 1.15. The number of carbonyl (C=O) groups excluding carboxylic acids is 2. The molecule has 8 heteroatoms. The second kappa shape index (κ2) is 8.48. The van der Waals surface area contributed by atoms with Crippen LogP contribution in [0.4, 0.5) is 5.69 Å². The van der Waals surface area contributed by atoms with Crippen LogP contribution in [0.1, 0.15) is 35.8 Å². The number of likely N-dealkylation sites (tertiary alicyclic amines) is 1. The van der Waals surface area contributed by atoms with Gasteiger partial charge in [-0.2, -0.15) is 0 Å². The predicted molar refractivity (Wildman–Crippen MR) is 122 cm³/mol. The molecular formula is C23H22ClN3O3S. The van der Waals surface area contributed by atoms with Crippen LogP contribution in [0.2, 0.25) is 5.02 Å². The average Bonchev–Trinajstić information content (AvgIpc) is 3.20. The summed E-state index contributed by atoms with van der Waals surface area (Å²) < 4.78 is 6.90. The lowest BCUT2D eigenvalue weighted by Crippen LogP contribution is -2.40. The highest BCUT2D eigenvalue weighted by Gasteiger charge is 2.26. The summed E-state index contributed by atoms with van der Waals surface area (Å²) in [5.74, 6) is 1.07. The number of nitrogens with one attached hydrogen (secondary N) is 1. The molecule has 0 aliphatic carbocycles. The van der Waals surface area contributed by atoms with Gasteiger partial charge in [-0.1, -0.05) is 11.6 Å². The molecule has 2 amide bonds. The van der Waals surface area contributed by atoms with Crippen molar-refractivity contribution in [2.75, 3.05) is 25.0 Å². The van der Waals surface area contributed by atoms with E-state index in [4.69, 9.17) is 21.3 Å². The second-order valence-corrected chi connectivity index (χ2v) is 9.47. The van der Waals surface area contributed by atoms with E-state index in [0.717, 1.165) is 39.3 Å². The topological polar surface area (TPSA) is 71.5 Å². The van der Waals surface area contributed by atoms with Crippen molar-refractivity contribution < 1.29 is 14.3 Å². The lowest BCUT2D eigenvalue weighted by molar-refractivity contribution is -0.134. The van der Waals surface area contributed by atoms with Gasteiger partial charge in [0.2, 0.25) is 5.91 Å². The standard InChI is InChI=1S/C23H22ClN3O3S/c24-16-2-5-20-19(12-16)26-23(31-20)14-7-9-27(10-8-14)22(29)13-30-17-3-4-18-15(11-17)1-6-21(28)25-18/h2-5,11-12,14H,1,6-10,13H2,(H,25,28). The van der Waals surface area contributed by atoms with E-state index in [-0.39, 0.29) is 18.4 Å². The molecule has 0 saturated carbocycles. The van der Waals surface area contributed by atoms with Crippen LogP contribution in [-0.4, -0.2) is 41.4 Å². The molecule has 160 valence electrons. The quantitative estimate of drug-likeness (QED) is 0.623. The van der Waals surface area contributed by atoms with Gasteiger partial charge >= 0.3 is 0 Å². The number of rotatable bonds is 4. The number of fused-ring (bicyclic) bond motifs is 2. The van der Waals surface area contributed by atoms with Gasteiger partial charge in [0, 0.05) is 36.1 Å². The third kappa shape index (κ3) is 4.38. The first kappa shape index (κ1) is 20.3. The van der Waals surface area contributed by atoms with Crippen LogP contribution in [0.25, 0.3) is 10.2 Å². The maximum absolute atomic E-state index is 12.6. The molecule has 2 aliphatic rings. The first-order chi connectivity index (χ1) is 15.0. The SMILES string of the molecule is O=C1CCc2cc(OCC(=O)N3CCC(c4nc5cc(Cl)ccc5s4)CC3)ccc2N1. The zero-order chi connectivity index (χ0) is 21.4. The number of thiazole rings is 1. The number of ether oxygens (including phenoxy) is 1. The Morgan fingerprint density at radius 3 is 2.87 bits per heavy atom. The fraction of sp³-hybridized carbons (Fsp3) is 0.348. The molecule has 1 saturated heterocycles. The van der Waals surface area contributed by atoms with Gasteiger partial charge in [0.15, 0.2) is 6.61 Å². The number of nitrogens with zero attached hydrogens (tertiary/aromatic N) is 2. The van der Waals surface area contributed by atoms with Crippen molar-refractivity contribution in [1.82, 2.24) is 9.88 Å². The van der Waals surface area contributed by atoms with Crippen LogP contribution in [0.3, 0.4) is 0 Å². The lowest BCUT2D eigenvalue weighted by atomic mass is 9.97. The van der Waals surface area contributed by atoms with Gasteiger partial charge in [0.1, 0.15) is 5.75 Å². The van der Waals surface area contributed by atoms with Crippen molar-refractivity contribution in [2.24, 2.45) is 0 Å². The number of carbonyl (C=O) groups is 2. The lowest BCUT2D eigenvalue weighted by Gasteiger charge is -2.31. The number of amides is 2. The first-order valence-electron chi connectivity index (χ1n) is 10.4. The zero-order valence-electron chi connectivity index (χ0n) is 16.9. The molecule has 0 spiro atoms. The van der Waals surface area contributed by atoms with Gasteiger partial charge in [-0.25, -0.2) is 4.98 Å². The van der Waals surface area contributed by atoms with E-state index in [1.807, 2.05) is 35.2 Å². The third-order valence-corrected chi connectivity index (χ3v) is 7.33. The summed E-state index contributed by atoms with van der Waals surface area (Å²) in [6.45, 7) is 1.44. The van der Waals surface area contributed by atoms with E-state index in [9.17, 15) is 9.59 Å². The highest BCUT2D eigenvalue weighted by molar-refractivity contribution is 7.18. The van der Waals surface area contributed by atoms with Gasteiger partial charge in [-0.15, -0.1) is 11.3 Å². The highest BCUT2D eigenvalue weighted by Crippen LogP contribution is 2.35. The van der Waals surface area contributed by atoms with Crippen molar-refractivity contribution >= 4 is 50.7 Å². The number of benzene rings is 2. The Morgan fingerprint density at radius 2 is 2.03 bits per heavy atom. The van der Waals surface area contributed by atoms with Gasteiger partial charge in [0.25, 0.3) is 5.91 Å². The van der Waals surface area contributed by atoms with Crippen LogP contribution < -0.4 is 10.1 Å². The number of anilines is 1. The summed E-state index contributed by atoms with van der Waals surface area (Å²) in [6.07, 6.45) is 2.97. The highest BCUT2D eigenvalue weighted by atomic mass is 35.5. The molecule has 1 N–H and O–H groups in total. The van der Waals surface area contributed by atoms with Crippen molar-refractivity contribution in [2.45, 2.75) is 31.6 Å². The molecule has 0 bridgehead atoms. The van der Waals surface area contributed by atoms with E-state index in [0.29, 0.717) is 42.6 Å². The zero-order valence-corrected chi connectivity index (χ0v) is 18.5. The summed E-state index contributed by atoms with van der Waals surface area (Å²) in [5, 5.41) is 4.68. The fourth-order valence-corrected chi connectivity index (χ4v) is 5.44. The summed E-state index contributed by atoms with van der Waals surface area (Å²) >= 11 is 7.79. The van der Waals surface area contributed by atoms with Crippen molar-refractivity contribution in [3.63, 3.8) is 0 Å². The number of hydrogen-bond donors (Lipinski definition) is 1. The van der Waals surface area contributed by atoms with Gasteiger partial charge in [-0.05, 0) is 61.2 Å². The molecule has 2 aromatic carbocycles. The van der Waals surface area contributed by atoms with Gasteiger partial charge in [-0.3, -0.25) is 9.59 Å². The Kier molecular flexibility index (Phi) is 5.54. The molecule has 3 heterocycles. The minimum atomic E-state index is 0.000514. The van der Waals surface area contributed by atoms with Crippen molar-refractivity contribution in [3.05, 3.63) is 52.0 Å². The van der Waals surface area contributed by atoms with Crippen LogP contribution in [0.15, 0.2) is 36.4 Å². The maximum atomic E-state index is 12.6. The van der Waals surface area contributed by atoms with Crippen LogP contribution in [0.5, 0.6) is 5.75 Å². The Labute approximate surface area is 189 Å². The second-order valence-electron chi connectivity index (χ2n) is 7.98. The molecule has 0 radical (unpaired) electrons. The molecule has 1 fully saturated rings. The monoisotopic (exact) mass is 455 g/mol. The van der Waals surface area contributed by atoms with Crippen molar-refractivity contribution in [1.29, 1.82) is 0 Å². The van der Waals surface area contributed by atoms with E-state index in [1.54, 1.807) is 17.4 Å². The molecule has 1 aromatic heterocycles. The number of hydrogen-bond acceptors (Lipinski definition) is 5. The molecule has 5 rings (SSSR count). The summed E-state index contributed by atoms with van der Waals surface area (Å²) in [5.41, 5.74) is 2.82. The third-order valence-electron chi connectivity index (χ3n) is 5.90. The number of halogens is 1. The Hall–Kier alpha value is -2.64. The fourth-order valence-electron chi connectivity index (χ4n) is 4.15. The van der Waals surface area contributed by atoms with Gasteiger partial charge < -0.3 is 15.0 Å². The van der Waals surface area contributed by atoms with E-state index in [2.05, 4.69) is 5.32 Å². The maximum Gasteiger partial charge on any atom is 0.260 e. The summed E-state index contributed by atoms with van der Waals surface area (Å²) in [6, 6.07) is 11.4. The molecule has 3 aromatic rings. The van der Waals surface area contributed by atoms with Crippen LogP contribution in [0, 0.1) is 0 Å². The number of piperidine rings is 1. The normalized spacial score (nSPS) is 16.8. The minimum absolute atomic E-state index is 0.000514. The smallest absolute Gasteiger partial charge is 0.260 e. The number of aromatic nitrogens is 1. The minimum Gasteiger partial charge on any atom is -0.484 e. The van der Waals surface area contributed by atoms with Crippen LogP contribution in [-0.2, 0) is 16.0 Å². The Bertz CT molecular complexity index is 1150.